The summed E-state index contributed by atoms with van der Waals surface area (Å²) in [4.78, 5) is 16.5. The first kappa shape index (κ1) is 23.4. The molecule has 0 fully saturated rings. The lowest BCUT2D eigenvalue weighted by Crippen LogP contribution is -2.31. The molecule has 0 amide bonds. The highest BCUT2D eigenvalue weighted by molar-refractivity contribution is 7.90. The van der Waals surface area contributed by atoms with E-state index in [2.05, 4.69) is 29.4 Å². The summed E-state index contributed by atoms with van der Waals surface area (Å²) in [6.07, 6.45) is 5.15. The molecule has 0 saturated carbocycles. The normalized spacial score (nSPS) is 12.4. The van der Waals surface area contributed by atoms with Crippen molar-refractivity contribution in [1.29, 1.82) is 0 Å². The second kappa shape index (κ2) is 10.5. The van der Waals surface area contributed by atoms with E-state index in [4.69, 9.17) is 18.9 Å². The molecular weight excluding hydrogens is 464 g/mol. The molecule has 2 aromatic heterocycles. The molecule has 0 unspecified atom stereocenters. The third-order valence-electron chi connectivity index (χ3n) is 4.56. The molecule has 0 bridgehead atoms. The van der Waals surface area contributed by atoms with Crippen molar-refractivity contribution in [3.05, 3.63) is 42.5 Å². The van der Waals surface area contributed by atoms with Gasteiger partial charge in [-0.3, -0.25) is 4.72 Å². The maximum Gasteiger partial charge on any atom is 0.316 e. The molecule has 2 N–H and O–H groups in total. The average Bonchev–Trinajstić information content (AvgIpc) is 3.29. The minimum absolute atomic E-state index is 0.0512. The standard InChI is InChI=1S/C21H24N6O6S/c1-3-6-26-34(28,29)27-19-18(15-4-5-16-17(9-15)33-13-32-16)20(25-12-24-19)30-7-8-31-21-22-10-14(2)11-23-21/h4-5,9-12,26H,3,6-8,13H2,1-2H3,(H,24,25,27). The SMILES string of the molecule is CCCNS(=O)(=O)Nc1ncnc(OCCOc2ncc(C)cn2)c1-c1ccc2c(c1)OCO2. The van der Waals surface area contributed by atoms with Crippen molar-refractivity contribution in [2.75, 3.05) is 31.3 Å². The zero-order chi connectivity index (χ0) is 24.0. The number of anilines is 1. The Kier molecular flexibility index (Phi) is 7.23. The summed E-state index contributed by atoms with van der Waals surface area (Å²) in [5.41, 5.74) is 1.84. The summed E-state index contributed by atoms with van der Waals surface area (Å²) in [6, 6.07) is 5.40. The van der Waals surface area contributed by atoms with Crippen LogP contribution >= 0.6 is 0 Å². The molecule has 0 aliphatic carbocycles. The monoisotopic (exact) mass is 488 g/mol. The molecule has 0 spiro atoms. The van der Waals surface area contributed by atoms with E-state index in [0.717, 1.165) is 5.56 Å². The van der Waals surface area contributed by atoms with Crippen LogP contribution in [0.2, 0.25) is 0 Å². The maximum absolute atomic E-state index is 12.5. The molecule has 1 aliphatic rings. The van der Waals surface area contributed by atoms with Crippen LogP contribution in [0.25, 0.3) is 11.1 Å². The van der Waals surface area contributed by atoms with Crippen LogP contribution in [0.4, 0.5) is 5.82 Å². The fourth-order valence-electron chi connectivity index (χ4n) is 2.99. The largest absolute Gasteiger partial charge is 0.473 e. The Bertz CT molecular complexity index is 1240. The summed E-state index contributed by atoms with van der Waals surface area (Å²) >= 11 is 0. The number of nitrogens with one attached hydrogen (secondary N) is 2. The number of aryl methyl sites for hydroxylation is 1. The molecule has 1 aromatic carbocycles. The first-order valence-corrected chi connectivity index (χ1v) is 12.0. The van der Waals surface area contributed by atoms with Crippen LogP contribution in [-0.4, -0.2) is 54.9 Å². The van der Waals surface area contributed by atoms with E-state index >= 15 is 0 Å². The second-order valence-electron chi connectivity index (χ2n) is 7.21. The van der Waals surface area contributed by atoms with Crippen LogP contribution in [0, 0.1) is 6.92 Å². The molecule has 13 heteroatoms. The smallest absolute Gasteiger partial charge is 0.316 e. The lowest BCUT2D eigenvalue weighted by atomic mass is 10.1. The summed E-state index contributed by atoms with van der Waals surface area (Å²) in [5.74, 6) is 1.32. The number of nitrogens with zero attached hydrogens (tertiary/aromatic N) is 4. The predicted molar refractivity (Wildman–Crippen MR) is 122 cm³/mol. The van der Waals surface area contributed by atoms with E-state index in [-0.39, 0.29) is 44.3 Å². The minimum Gasteiger partial charge on any atom is -0.473 e. The van der Waals surface area contributed by atoms with E-state index in [1.807, 2.05) is 13.8 Å². The summed E-state index contributed by atoms with van der Waals surface area (Å²) in [6.45, 7) is 4.37. The van der Waals surface area contributed by atoms with E-state index < -0.39 is 10.2 Å². The topological polar surface area (TPSA) is 147 Å². The van der Waals surface area contributed by atoms with E-state index in [0.29, 0.717) is 29.0 Å². The Balaban J connectivity index is 1.58. The van der Waals surface area contributed by atoms with E-state index in [1.165, 1.54) is 6.33 Å². The fraction of sp³-hybridized carbons (Fsp3) is 0.333. The molecule has 1 aliphatic heterocycles. The third-order valence-corrected chi connectivity index (χ3v) is 5.60. The Morgan fingerprint density at radius 3 is 2.59 bits per heavy atom. The van der Waals surface area contributed by atoms with E-state index in [1.54, 1.807) is 30.6 Å². The lowest BCUT2D eigenvalue weighted by molar-refractivity contribution is 0.174. The van der Waals surface area contributed by atoms with Crippen LogP contribution < -0.4 is 28.4 Å². The molecule has 3 aromatic rings. The van der Waals surface area contributed by atoms with Crippen LogP contribution in [0.3, 0.4) is 0 Å². The van der Waals surface area contributed by atoms with Crippen LogP contribution in [-0.2, 0) is 10.2 Å². The van der Waals surface area contributed by atoms with Gasteiger partial charge >= 0.3 is 6.01 Å². The van der Waals surface area contributed by atoms with Crippen molar-refractivity contribution in [3.63, 3.8) is 0 Å². The zero-order valence-corrected chi connectivity index (χ0v) is 19.5. The summed E-state index contributed by atoms with van der Waals surface area (Å²) < 4.78 is 52.0. The van der Waals surface area contributed by atoms with Crippen molar-refractivity contribution in [1.82, 2.24) is 24.7 Å². The van der Waals surface area contributed by atoms with Gasteiger partial charge in [-0.25, -0.2) is 19.9 Å². The van der Waals surface area contributed by atoms with Crippen molar-refractivity contribution in [2.24, 2.45) is 0 Å². The highest BCUT2D eigenvalue weighted by Crippen LogP contribution is 2.40. The highest BCUT2D eigenvalue weighted by Gasteiger charge is 2.22. The van der Waals surface area contributed by atoms with Gasteiger partial charge < -0.3 is 18.9 Å². The second-order valence-corrected chi connectivity index (χ2v) is 8.71. The van der Waals surface area contributed by atoms with Gasteiger partial charge in [0.2, 0.25) is 12.7 Å². The van der Waals surface area contributed by atoms with Crippen LogP contribution in [0.15, 0.2) is 36.9 Å². The Morgan fingerprint density at radius 2 is 1.79 bits per heavy atom. The molecule has 180 valence electrons. The summed E-state index contributed by atoms with van der Waals surface area (Å²) in [5, 5.41) is 0. The zero-order valence-electron chi connectivity index (χ0n) is 18.6. The van der Waals surface area contributed by atoms with Gasteiger partial charge in [0.15, 0.2) is 17.3 Å². The number of fused-ring (bicyclic) bond motifs is 1. The molecule has 3 heterocycles. The average molecular weight is 489 g/mol. The molecule has 0 atom stereocenters. The van der Waals surface area contributed by atoms with Gasteiger partial charge in [-0.15, -0.1) is 0 Å². The van der Waals surface area contributed by atoms with Crippen molar-refractivity contribution < 1.29 is 27.4 Å². The molecule has 12 nitrogen and oxygen atoms in total. The van der Waals surface area contributed by atoms with Gasteiger partial charge in [-0.2, -0.15) is 13.1 Å². The highest BCUT2D eigenvalue weighted by atomic mass is 32.2. The maximum atomic E-state index is 12.5. The predicted octanol–water partition coefficient (Wildman–Crippen LogP) is 2.08. The minimum atomic E-state index is -3.86. The number of hydrogen-bond acceptors (Lipinski definition) is 10. The number of benzene rings is 1. The molecular formula is C21H24N6O6S. The Labute approximate surface area is 196 Å². The fourth-order valence-corrected chi connectivity index (χ4v) is 3.95. The van der Waals surface area contributed by atoms with Gasteiger partial charge in [-0.05, 0) is 36.6 Å². The summed E-state index contributed by atoms with van der Waals surface area (Å²) in [7, 11) is -3.86. The first-order valence-electron chi connectivity index (χ1n) is 10.5. The van der Waals surface area contributed by atoms with Gasteiger partial charge in [0.1, 0.15) is 19.5 Å². The van der Waals surface area contributed by atoms with Gasteiger partial charge in [-0.1, -0.05) is 13.0 Å². The van der Waals surface area contributed by atoms with Crippen molar-refractivity contribution in [3.8, 4) is 34.5 Å². The lowest BCUT2D eigenvalue weighted by Gasteiger charge is -2.16. The van der Waals surface area contributed by atoms with E-state index in [9.17, 15) is 8.42 Å². The molecule has 0 radical (unpaired) electrons. The van der Waals surface area contributed by atoms with Crippen molar-refractivity contribution >= 4 is 16.0 Å². The number of rotatable bonds is 11. The number of hydrogen-bond donors (Lipinski definition) is 2. The number of ether oxygens (including phenoxy) is 4. The molecule has 34 heavy (non-hydrogen) atoms. The van der Waals surface area contributed by atoms with Gasteiger partial charge in [0.05, 0.1) is 5.56 Å². The third kappa shape index (κ3) is 5.80. The van der Waals surface area contributed by atoms with Crippen molar-refractivity contribution in [2.45, 2.75) is 20.3 Å². The Hall–Kier alpha value is -3.71. The van der Waals surface area contributed by atoms with Gasteiger partial charge in [0.25, 0.3) is 10.2 Å². The molecule has 0 saturated heterocycles. The van der Waals surface area contributed by atoms with Crippen LogP contribution in [0.5, 0.6) is 23.4 Å². The Morgan fingerprint density at radius 1 is 1.03 bits per heavy atom. The number of aromatic nitrogens is 4. The molecule has 4 rings (SSSR count). The first-order chi connectivity index (χ1) is 16.4. The quantitative estimate of drug-likeness (QED) is 0.385. The van der Waals surface area contributed by atoms with Crippen LogP contribution in [0.1, 0.15) is 18.9 Å². The van der Waals surface area contributed by atoms with Gasteiger partial charge in [0, 0.05) is 18.9 Å².